The van der Waals surface area contributed by atoms with Crippen LogP contribution in [0.2, 0.25) is 0 Å². The number of hydrogen-bond donors (Lipinski definition) is 1. The number of ether oxygens (including phenoxy) is 1. The van der Waals surface area contributed by atoms with Crippen LogP contribution in [-0.4, -0.2) is 63.1 Å². The second-order valence-corrected chi connectivity index (χ2v) is 5.58. The summed E-state index contributed by atoms with van der Waals surface area (Å²) in [5.74, 6) is -0.0773. The molecule has 8 nitrogen and oxygen atoms in total. The Balaban J connectivity index is 1.48. The van der Waals surface area contributed by atoms with Crippen molar-refractivity contribution in [2.24, 2.45) is 0 Å². The van der Waals surface area contributed by atoms with Crippen LogP contribution in [0.1, 0.15) is 0 Å². The van der Waals surface area contributed by atoms with Crippen molar-refractivity contribution in [2.75, 3.05) is 31.6 Å². The zero-order valence-electron chi connectivity index (χ0n) is 11.4. The van der Waals surface area contributed by atoms with Gasteiger partial charge in [0.25, 0.3) is 0 Å². The summed E-state index contributed by atoms with van der Waals surface area (Å²) in [5.41, 5.74) is 1.59. The molecule has 2 aromatic rings. The van der Waals surface area contributed by atoms with E-state index in [0.717, 1.165) is 6.54 Å². The molecule has 1 saturated heterocycles. The van der Waals surface area contributed by atoms with E-state index in [4.69, 9.17) is 4.74 Å². The van der Waals surface area contributed by atoms with Crippen LogP contribution >= 0.6 is 11.3 Å². The molecule has 0 spiro atoms. The van der Waals surface area contributed by atoms with Gasteiger partial charge in [-0.1, -0.05) is 11.3 Å². The van der Waals surface area contributed by atoms with Crippen molar-refractivity contribution in [3.8, 4) is 0 Å². The molecule has 1 amide bonds. The van der Waals surface area contributed by atoms with Gasteiger partial charge in [-0.3, -0.25) is 19.7 Å². The molecule has 21 heavy (non-hydrogen) atoms. The molecular weight excluding hydrogens is 292 g/mol. The molecule has 2 aromatic heterocycles. The Morgan fingerprint density at radius 1 is 1.57 bits per heavy atom. The van der Waals surface area contributed by atoms with Gasteiger partial charge in [0.05, 0.1) is 25.8 Å². The Morgan fingerprint density at radius 2 is 2.52 bits per heavy atom. The molecule has 0 aromatic carbocycles. The van der Waals surface area contributed by atoms with Crippen LogP contribution in [0.5, 0.6) is 0 Å². The highest BCUT2D eigenvalue weighted by atomic mass is 32.1. The lowest BCUT2D eigenvalue weighted by atomic mass is 10.2. The normalized spacial score (nSPS) is 19.5. The molecule has 9 heteroatoms. The van der Waals surface area contributed by atoms with E-state index in [1.165, 1.54) is 11.3 Å². The standard InChI is InChI=1S/C12H16N6O2S/c19-11(15-12-16-13-9-21-12)8-17-4-5-20-10(6-17)7-18-3-1-2-14-18/h1-3,9-10H,4-8H2,(H,15,16,19). The van der Waals surface area contributed by atoms with Gasteiger partial charge >= 0.3 is 0 Å². The highest BCUT2D eigenvalue weighted by Crippen LogP contribution is 2.10. The summed E-state index contributed by atoms with van der Waals surface area (Å²) in [6.07, 6.45) is 3.70. The minimum Gasteiger partial charge on any atom is -0.374 e. The summed E-state index contributed by atoms with van der Waals surface area (Å²) >= 11 is 1.31. The molecule has 3 heterocycles. The van der Waals surface area contributed by atoms with Crippen molar-refractivity contribution >= 4 is 22.4 Å². The van der Waals surface area contributed by atoms with Crippen LogP contribution in [0.15, 0.2) is 24.0 Å². The van der Waals surface area contributed by atoms with E-state index in [2.05, 4.69) is 25.5 Å². The molecule has 1 aliphatic heterocycles. The van der Waals surface area contributed by atoms with Gasteiger partial charge < -0.3 is 4.74 Å². The second-order valence-electron chi connectivity index (χ2n) is 4.75. The minimum absolute atomic E-state index is 0.0491. The average molecular weight is 308 g/mol. The molecule has 0 bridgehead atoms. The lowest BCUT2D eigenvalue weighted by molar-refractivity contribution is -0.119. The smallest absolute Gasteiger partial charge is 0.240 e. The molecule has 0 aliphatic carbocycles. The van der Waals surface area contributed by atoms with Gasteiger partial charge in [-0.25, -0.2) is 0 Å². The quantitative estimate of drug-likeness (QED) is 0.841. The van der Waals surface area contributed by atoms with Crippen LogP contribution in [-0.2, 0) is 16.1 Å². The third-order valence-corrected chi connectivity index (χ3v) is 3.75. The molecular formula is C12H16N6O2S. The van der Waals surface area contributed by atoms with Gasteiger partial charge in [-0.2, -0.15) is 5.10 Å². The molecule has 1 unspecified atom stereocenters. The predicted molar refractivity (Wildman–Crippen MR) is 76.9 cm³/mol. The monoisotopic (exact) mass is 308 g/mol. The SMILES string of the molecule is O=C(CN1CCOC(Cn2cccn2)C1)Nc1nncs1. The average Bonchev–Trinajstić information content (AvgIpc) is 3.12. The van der Waals surface area contributed by atoms with Crippen LogP contribution in [0.4, 0.5) is 5.13 Å². The topological polar surface area (TPSA) is 85.2 Å². The van der Waals surface area contributed by atoms with Crippen LogP contribution in [0, 0.1) is 0 Å². The Hall–Kier alpha value is -1.84. The molecule has 1 atom stereocenters. The summed E-state index contributed by atoms with van der Waals surface area (Å²) in [5, 5.41) is 14.9. The first-order valence-corrected chi connectivity index (χ1v) is 7.55. The van der Waals surface area contributed by atoms with E-state index in [1.54, 1.807) is 11.7 Å². The van der Waals surface area contributed by atoms with Crippen LogP contribution in [0.3, 0.4) is 0 Å². The number of amides is 1. The fourth-order valence-electron chi connectivity index (χ4n) is 2.24. The van der Waals surface area contributed by atoms with Crippen LogP contribution < -0.4 is 5.32 Å². The van der Waals surface area contributed by atoms with Gasteiger partial charge in [0, 0.05) is 25.5 Å². The first kappa shape index (κ1) is 14.1. The summed E-state index contributed by atoms with van der Waals surface area (Å²) in [6.45, 7) is 3.11. The maximum absolute atomic E-state index is 11.9. The summed E-state index contributed by atoms with van der Waals surface area (Å²) in [6, 6.07) is 1.89. The zero-order chi connectivity index (χ0) is 14.5. The predicted octanol–water partition coefficient (Wildman–Crippen LogP) is 0.0741. The molecule has 0 radical (unpaired) electrons. The lowest BCUT2D eigenvalue weighted by Gasteiger charge is -2.32. The maximum atomic E-state index is 11.9. The second kappa shape index (κ2) is 6.74. The van der Waals surface area contributed by atoms with Gasteiger partial charge in [0.15, 0.2) is 0 Å². The van der Waals surface area contributed by atoms with Crippen molar-refractivity contribution in [3.05, 3.63) is 24.0 Å². The number of carbonyl (C=O) groups excluding carboxylic acids is 1. The number of aromatic nitrogens is 4. The van der Waals surface area contributed by atoms with Crippen molar-refractivity contribution in [2.45, 2.75) is 12.6 Å². The number of morpholine rings is 1. The summed E-state index contributed by atoms with van der Waals surface area (Å²) in [7, 11) is 0. The van der Waals surface area contributed by atoms with E-state index < -0.39 is 0 Å². The van der Waals surface area contributed by atoms with E-state index in [0.29, 0.717) is 31.4 Å². The fraction of sp³-hybridized carbons (Fsp3) is 0.500. The number of carbonyl (C=O) groups is 1. The zero-order valence-corrected chi connectivity index (χ0v) is 12.2. The fourth-order valence-corrected chi connectivity index (χ4v) is 2.70. The lowest BCUT2D eigenvalue weighted by Crippen LogP contribution is -2.47. The largest absolute Gasteiger partial charge is 0.374 e. The van der Waals surface area contributed by atoms with Gasteiger partial charge in [0.2, 0.25) is 11.0 Å². The first-order valence-electron chi connectivity index (χ1n) is 6.67. The van der Waals surface area contributed by atoms with E-state index >= 15 is 0 Å². The van der Waals surface area contributed by atoms with Crippen molar-refractivity contribution in [1.82, 2.24) is 24.9 Å². The number of nitrogens with zero attached hydrogens (tertiary/aromatic N) is 5. The highest BCUT2D eigenvalue weighted by molar-refractivity contribution is 7.13. The molecule has 1 N–H and O–H groups in total. The first-order chi connectivity index (χ1) is 10.3. The third-order valence-electron chi connectivity index (χ3n) is 3.15. The van der Waals surface area contributed by atoms with E-state index in [9.17, 15) is 4.79 Å². The Bertz CT molecular complexity index is 558. The number of nitrogens with one attached hydrogen (secondary N) is 1. The van der Waals surface area contributed by atoms with Gasteiger partial charge in [0.1, 0.15) is 5.51 Å². The van der Waals surface area contributed by atoms with E-state index in [1.807, 2.05) is 16.9 Å². The summed E-state index contributed by atoms with van der Waals surface area (Å²) < 4.78 is 7.56. The Labute approximate surface area is 125 Å². The van der Waals surface area contributed by atoms with Crippen molar-refractivity contribution in [1.29, 1.82) is 0 Å². The molecule has 112 valence electrons. The Morgan fingerprint density at radius 3 is 3.29 bits per heavy atom. The molecule has 1 aliphatic rings. The number of hydrogen-bond acceptors (Lipinski definition) is 7. The minimum atomic E-state index is -0.0773. The molecule has 1 fully saturated rings. The molecule has 3 rings (SSSR count). The van der Waals surface area contributed by atoms with Gasteiger partial charge in [-0.05, 0) is 6.07 Å². The van der Waals surface area contributed by atoms with E-state index in [-0.39, 0.29) is 12.0 Å². The molecule has 0 saturated carbocycles. The van der Waals surface area contributed by atoms with Crippen LogP contribution in [0.25, 0.3) is 0 Å². The summed E-state index contributed by atoms with van der Waals surface area (Å²) in [4.78, 5) is 14.0. The van der Waals surface area contributed by atoms with Crippen molar-refractivity contribution in [3.63, 3.8) is 0 Å². The highest BCUT2D eigenvalue weighted by Gasteiger charge is 2.22. The van der Waals surface area contributed by atoms with Gasteiger partial charge in [-0.15, -0.1) is 10.2 Å². The maximum Gasteiger partial charge on any atom is 0.240 e. The Kier molecular flexibility index (Phi) is 4.53. The van der Waals surface area contributed by atoms with Crippen molar-refractivity contribution < 1.29 is 9.53 Å². The number of rotatable bonds is 5. The third kappa shape index (κ3) is 4.06. The number of anilines is 1.